The fourth-order valence-electron chi connectivity index (χ4n) is 11.0. The summed E-state index contributed by atoms with van der Waals surface area (Å²) in [5.74, 6) is 0.319. The number of phenolic OH excluding ortho intramolecular Hbond substituents is 1. The van der Waals surface area contributed by atoms with Crippen molar-refractivity contribution in [3.8, 4) is 16.9 Å². The Labute approximate surface area is 459 Å². The number of nitro groups is 1. The van der Waals surface area contributed by atoms with Gasteiger partial charge in [0.15, 0.2) is 11.6 Å². The van der Waals surface area contributed by atoms with Crippen LogP contribution >= 0.6 is 0 Å². The van der Waals surface area contributed by atoms with Gasteiger partial charge in [-0.15, -0.1) is 0 Å². The third-order valence-corrected chi connectivity index (χ3v) is 15.3. The van der Waals surface area contributed by atoms with Crippen molar-refractivity contribution in [3.63, 3.8) is 0 Å². The molecule has 1 aliphatic heterocycles. The number of Topliss-reactive ketones (excluding diaryl/α,β-unsaturated/α-hetero) is 2. The number of nitrogens with one attached hydrogen (secondary N) is 2. The van der Waals surface area contributed by atoms with Crippen LogP contribution in [0.4, 0.5) is 5.69 Å². The highest BCUT2D eigenvalue weighted by Gasteiger charge is 2.37. The maximum Gasteiger partial charge on any atom is 0.269 e. The number of H-pyrrole nitrogens is 2. The predicted octanol–water partition coefficient (Wildman–Crippen LogP) is 15.5. The third kappa shape index (κ3) is 10.2. The van der Waals surface area contributed by atoms with Gasteiger partial charge < -0.3 is 19.6 Å². The smallest absolute Gasteiger partial charge is 0.269 e. The molecule has 2 aliphatic carbocycles. The summed E-state index contributed by atoms with van der Waals surface area (Å²) in [5.41, 5.74) is 12.1. The number of carbonyl (C=O) groups excluding carboxylic acids is 2. The molecule has 3 N–H and O–H groups in total. The predicted molar refractivity (Wildman–Crippen MR) is 322 cm³/mol. The molecule has 0 saturated heterocycles. The molecule has 0 spiro atoms. The van der Waals surface area contributed by atoms with E-state index >= 15 is 0 Å². The lowest BCUT2D eigenvalue weighted by Gasteiger charge is -2.31. The summed E-state index contributed by atoms with van der Waals surface area (Å²) < 4.78 is 2.28. The zero-order valence-electron chi connectivity index (χ0n) is 49.0. The van der Waals surface area contributed by atoms with Crippen molar-refractivity contribution in [2.24, 2.45) is 21.7 Å². The Hall–Kier alpha value is -7.59. The van der Waals surface area contributed by atoms with Crippen molar-refractivity contribution < 1.29 is 19.6 Å². The number of hydrogen-bond donors (Lipinski definition) is 3. The third-order valence-electron chi connectivity index (χ3n) is 15.3. The van der Waals surface area contributed by atoms with Crippen LogP contribution in [0.15, 0.2) is 119 Å². The van der Waals surface area contributed by atoms with Crippen LogP contribution in [0.2, 0.25) is 0 Å². The zero-order chi connectivity index (χ0) is 57.1. The Balaban J connectivity index is 1.63. The van der Waals surface area contributed by atoms with Crippen LogP contribution < -0.4 is 10.4 Å². The molecule has 10 heteroatoms. The Morgan fingerprint density at radius 3 is 1.29 bits per heavy atom. The standard InChI is InChI=1S/C68H77N5O5/c1-63(2,3)43-31-39(32-44(60(43)74)64(4,5)6)57-51-25-23-49(69-51)50-24-26-53(70-50)58(40-33-45(65(7,8)9)61(75)46(34-40)66(10,11)12)55-29-30-56(72(55)37-38-19-21-42(22-20-38)73(77)78)59(54-28-27-52(57)71-54)41-35-47(67(13,14)15)62(76)48(36-41)68(16,17)18/h19-36,70-71,74H,37H2,1-18H3. The fourth-order valence-corrected chi connectivity index (χ4v) is 11.0. The van der Waals surface area contributed by atoms with Crippen molar-refractivity contribution in [3.05, 3.63) is 168 Å². The summed E-state index contributed by atoms with van der Waals surface area (Å²) in [4.78, 5) is 54.3. The number of allylic oxidation sites excluding steroid dienone is 8. The van der Waals surface area contributed by atoms with Crippen molar-refractivity contribution in [1.82, 2.24) is 19.5 Å². The van der Waals surface area contributed by atoms with E-state index in [0.717, 1.165) is 93.9 Å². The summed E-state index contributed by atoms with van der Waals surface area (Å²) >= 11 is 0. The second-order valence-electron chi connectivity index (χ2n) is 27.7. The molecule has 8 bridgehead atoms. The number of fused-ring (bicyclic) bond motifs is 9. The quantitative estimate of drug-likeness (QED) is 0.118. The molecule has 9 rings (SSSR count). The molecule has 3 aliphatic rings. The van der Waals surface area contributed by atoms with E-state index in [2.05, 4.69) is 218 Å². The summed E-state index contributed by atoms with van der Waals surface area (Å²) in [6.45, 7) is 38.0. The molecule has 0 unspecified atom stereocenters. The van der Waals surface area contributed by atoms with Crippen molar-refractivity contribution >= 4 is 73.7 Å². The summed E-state index contributed by atoms with van der Waals surface area (Å²) in [6.07, 6.45) is 12.3. The number of rotatable bonds is 4. The summed E-state index contributed by atoms with van der Waals surface area (Å²) in [7, 11) is 0. The van der Waals surface area contributed by atoms with Crippen LogP contribution in [0.1, 0.15) is 153 Å². The van der Waals surface area contributed by atoms with Crippen LogP contribution in [0.5, 0.6) is 5.75 Å². The van der Waals surface area contributed by atoms with Gasteiger partial charge in [-0.1, -0.05) is 137 Å². The molecule has 4 aromatic heterocycles. The number of carbonyl (C=O) groups is 2. The Morgan fingerprint density at radius 2 is 0.897 bits per heavy atom. The average molecular weight is 1040 g/mol. The number of non-ortho nitro benzene ring substituents is 1. The minimum atomic E-state index is -0.522. The first kappa shape index (κ1) is 55.2. The van der Waals surface area contributed by atoms with Crippen LogP contribution in [-0.2, 0) is 27.0 Å². The molecule has 0 radical (unpaired) electrons. The molecule has 10 nitrogen and oxygen atoms in total. The van der Waals surface area contributed by atoms with E-state index in [1.54, 1.807) is 12.1 Å². The molecule has 0 saturated carbocycles. The van der Waals surface area contributed by atoms with Crippen molar-refractivity contribution in [1.29, 1.82) is 0 Å². The van der Waals surface area contributed by atoms with Crippen molar-refractivity contribution in [2.75, 3.05) is 0 Å². The Bertz CT molecular complexity index is 3870. The second kappa shape index (κ2) is 18.8. The molecule has 0 atom stereocenters. The molecule has 0 fully saturated rings. The largest absolute Gasteiger partial charge is 0.507 e. The first-order valence-corrected chi connectivity index (χ1v) is 27.2. The number of benzene rings is 2. The van der Waals surface area contributed by atoms with Gasteiger partial charge in [0, 0.05) is 84.6 Å². The SMILES string of the molecule is CC(C)(C)C1=CC(=c2c3ccc([nH]3)c3nc(c(-c4cc(C(C)(C)C)c(O)c(C(C)(C)C)c4)c4ccc([nH]4)c(=C4C=C(C(C)(C)C)C(=O)C(C(C)(C)C)=C4)c4ccc2n4Cc2ccc([N+](=O)[O-])cc2)C=C3)C=C(C(C)(C)C)C1=O. The molecule has 0 amide bonds. The lowest BCUT2D eigenvalue weighted by Crippen LogP contribution is -2.29. The average Bonchev–Trinajstić information content (AvgIpc) is 4.27. The molecule has 5 heterocycles. The lowest BCUT2D eigenvalue weighted by molar-refractivity contribution is -0.384. The second-order valence-corrected chi connectivity index (χ2v) is 27.7. The highest BCUT2D eigenvalue weighted by Crippen LogP contribution is 2.45. The first-order chi connectivity index (χ1) is 36.0. The van der Waals surface area contributed by atoms with Gasteiger partial charge >= 0.3 is 0 Å². The monoisotopic (exact) mass is 1040 g/mol. The lowest BCUT2D eigenvalue weighted by atomic mass is 9.71. The van der Waals surface area contributed by atoms with E-state index in [1.165, 1.54) is 0 Å². The maximum atomic E-state index is 14.8. The van der Waals surface area contributed by atoms with Gasteiger partial charge in [0.05, 0.1) is 32.9 Å². The maximum absolute atomic E-state index is 14.8. The van der Waals surface area contributed by atoms with E-state index in [1.807, 2.05) is 18.2 Å². The normalized spacial score (nSPS) is 15.5. The molecular formula is C68H77N5O5. The number of aromatic hydroxyl groups is 1. The van der Waals surface area contributed by atoms with Gasteiger partial charge in [0.2, 0.25) is 0 Å². The van der Waals surface area contributed by atoms with E-state index in [4.69, 9.17) is 4.98 Å². The Morgan fingerprint density at radius 1 is 0.513 bits per heavy atom. The minimum Gasteiger partial charge on any atom is -0.507 e. The van der Waals surface area contributed by atoms with Gasteiger partial charge in [-0.05, 0) is 140 Å². The van der Waals surface area contributed by atoms with E-state index in [-0.39, 0.29) is 27.9 Å². The van der Waals surface area contributed by atoms with Crippen LogP contribution in [0.3, 0.4) is 0 Å². The summed E-state index contributed by atoms with van der Waals surface area (Å²) in [5, 5.41) is 25.8. The molecular weight excluding hydrogens is 967 g/mol. The Kier molecular flexibility index (Phi) is 13.3. The topological polar surface area (TPSA) is 147 Å². The van der Waals surface area contributed by atoms with E-state index in [0.29, 0.717) is 28.8 Å². The number of nitrogens with zero attached hydrogens (tertiary/aromatic N) is 3. The molecule has 2 aromatic carbocycles. The van der Waals surface area contributed by atoms with Gasteiger partial charge in [-0.25, -0.2) is 4.98 Å². The fraction of sp³-hybridized carbons (Fsp3) is 0.368. The number of aromatic amines is 2. The van der Waals surface area contributed by atoms with Gasteiger partial charge in [0.1, 0.15) is 5.75 Å². The van der Waals surface area contributed by atoms with Gasteiger partial charge in [0.25, 0.3) is 5.69 Å². The van der Waals surface area contributed by atoms with Gasteiger partial charge in [-0.3, -0.25) is 19.7 Å². The number of hydrogen-bond acceptors (Lipinski definition) is 6. The van der Waals surface area contributed by atoms with E-state index in [9.17, 15) is 24.8 Å². The number of phenols is 1. The van der Waals surface area contributed by atoms with Crippen LogP contribution in [-0.4, -0.2) is 41.1 Å². The first-order valence-electron chi connectivity index (χ1n) is 27.2. The van der Waals surface area contributed by atoms with Crippen LogP contribution in [0.25, 0.3) is 67.5 Å². The van der Waals surface area contributed by atoms with Crippen molar-refractivity contribution in [2.45, 2.75) is 142 Å². The molecule has 6 aromatic rings. The number of nitro benzene ring substituents is 1. The molecule has 404 valence electrons. The highest BCUT2D eigenvalue weighted by molar-refractivity contribution is 6.16. The highest BCUT2D eigenvalue weighted by atomic mass is 16.6. The zero-order valence-corrected chi connectivity index (χ0v) is 49.0. The summed E-state index contributed by atoms with van der Waals surface area (Å²) in [6, 6.07) is 23.6. The number of aromatic nitrogens is 4. The van der Waals surface area contributed by atoms with E-state index < -0.39 is 32.5 Å². The molecule has 78 heavy (non-hydrogen) atoms. The van der Waals surface area contributed by atoms with Crippen LogP contribution in [0, 0.1) is 31.8 Å². The van der Waals surface area contributed by atoms with Gasteiger partial charge in [-0.2, -0.15) is 0 Å². The minimum absolute atomic E-state index is 0.00661. The number of ketones is 2.